The molecule has 4 heteroatoms. The predicted molar refractivity (Wildman–Crippen MR) is 71.3 cm³/mol. The molecule has 0 spiro atoms. The number of rotatable bonds is 5. The normalized spacial score (nSPS) is 10.2. The Balaban J connectivity index is 1.75. The lowest BCUT2D eigenvalue weighted by molar-refractivity contribution is 0.0952. The largest absolute Gasteiger partial charge is 0.352 e. The molecule has 2 aromatic rings. The van der Waals surface area contributed by atoms with Gasteiger partial charge in [0.1, 0.15) is 5.82 Å². The van der Waals surface area contributed by atoms with Crippen LogP contribution in [0.15, 0.2) is 48.7 Å². The van der Waals surface area contributed by atoms with Crippen LogP contribution in [0.1, 0.15) is 22.5 Å². The Labute approximate surface area is 111 Å². The van der Waals surface area contributed by atoms with Crippen molar-refractivity contribution < 1.29 is 9.18 Å². The first kappa shape index (κ1) is 13.2. The van der Waals surface area contributed by atoms with Crippen molar-refractivity contribution in [2.45, 2.75) is 12.8 Å². The number of nitrogens with zero attached hydrogens (tertiary/aromatic N) is 1. The van der Waals surface area contributed by atoms with Gasteiger partial charge in [-0.25, -0.2) is 4.39 Å². The molecule has 0 saturated heterocycles. The third-order valence-electron chi connectivity index (χ3n) is 2.71. The summed E-state index contributed by atoms with van der Waals surface area (Å²) >= 11 is 0. The highest BCUT2D eigenvalue weighted by atomic mass is 19.1. The molecule has 19 heavy (non-hydrogen) atoms. The third kappa shape index (κ3) is 4.17. The molecule has 0 fully saturated rings. The lowest BCUT2D eigenvalue weighted by Crippen LogP contribution is -2.24. The van der Waals surface area contributed by atoms with Crippen molar-refractivity contribution in [1.29, 1.82) is 0 Å². The van der Waals surface area contributed by atoms with Crippen LogP contribution in [-0.4, -0.2) is 17.4 Å². The van der Waals surface area contributed by atoms with Crippen LogP contribution in [0, 0.1) is 5.82 Å². The van der Waals surface area contributed by atoms with Crippen molar-refractivity contribution >= 4 is 5.91 Å². The monoisotopic (exact) mass is 258 g/mol. The van der Waals surface area contributed by atoms with Crippen molar-refractivity contribution in [2.75, 3.05) is 6.54 Å². The van der Waals surface area contributed by atoms with Crippen molar-refractivity contribution in [2.24, 2.45) is 0 Å². The molecular formula is C15H15FN2O. The Hall–Kier alpha value is -2.23. The molecule has 1 aromatic carbocycles. The lowest BCUT2D eigenvalue weighted by Gasteiger charge is -2.05. The van der Waals surface area contributed by atoms with Gasteiger partial charge in [-0.3, -0.25) is 9.78 Å². The van der Waals surface area contributed by atoms with Crippen LogP contribution in [-0.2, 0) is 6.42 Å². The summed E-state index contributed by atoms with van der Waals surface area (Å²) in [5.74, 6) is -0.651. The Morgan fingerprint density at radius 3 is 2.84 bits per heavy atom. The summed E-state index contributed by atoms with van der Waals surface area (Å²) in [5, 5.41) is 2.76. The second-order valence-corrected chi connectivity index (χ2v) is 4.19. The van der Waals surface area contributed by atoms with Crippen molar-refractivity contribution in [3.8, 4) is 0 Å². The summed E-state index contributed by atoms with van der Waals surface area (Å²) in [6.07, 6.45) is 3.36. The van der Waals surface area contributed by atoms with Crippen LogP contribution in [0.25, 0.3) is 0 Å². The molecule has 0 bridgehead atoms. The predicted octanol–water partition coefficient (Wildman–Crippen LogP) is 2.58. The van der Waals surface area contributed by atoms with Gasteiger partial charge in [0.05, 0.1) is 0 Å². The molecule has 0 aliphatic carbocycles. The maximum atomic E-state index is 12.9. The second kappa shape index (κ2) is 6.64. The van der Waals surface area contributed by atoms with E-state index < -0.39 is 5.82 Å². The first-order chi connectivity index (χ1) is 9.25. The zero-order valence-electron chi connectivity index (χ0n) is 10.5. The standard InChI is InChI=1S/C15H15FN2O/c16-13-6-3-5-12(11-13)15(19)18-10-4-8-14-7-1-2-9-17-14/h1-3,5-7,9,11H,4,8,10H2,(H,18,19). The average molecular weight is 258 g/mol. The Morgan fingerprint density at radius 2 is 2.11 bits per heavy atom. The van der Waals surface area contributed by atoms with Crippen molar-refractivity contribution in [1.82, 2.24) is 10.3 Å². The zero-order valence-corrected chi connectivity index (χ0v) is 10.5. The van der Waals surface area contributed by atoms with Gasteiger partial charge in [-0.15, -0.1) is 0 Å². The number of aryl methyl sites for hydroxylation is 1. The zero-order chi connectivity index (χ0) is 13.5. The van der Waals surface area contributed by atoms with Crippen LogP contribution < -0.4 is 5.32 Å². The van der Waals surface area contributed by atoms with Crippen LogP contribution >= 0.6 is 0 Å². The van der Waals surface area contributed by atoms with Gasteiger partial charge >= 0.3 is 0 Å². The fourth-order valence-electron chi connectivity index (χ4n) is 1.75. The molecule has 0 aliphatic rings. The molecule has 1 amide bonds. The Bertz CT molecular complexity index is 543. The number of halogens is 1. The highest BCUT2D eigenvalue weighted by molar-refractivity contribution is 5.94. The number of hydrogen-bond donors (Lipinski definition) is 1. The molecule has 1 aromatic heterocycles. The van der Waals surface area contributed by atoms with Gasteiger partial charge in [0.25, 0.3) is 5.91 Å². The van der Waals surface area contributed by atoms with Crippen molar-refractivity contribution in [3.05, 3.63) is 65.7 Å². The number of amides is 1. The van der Waals surface area contributed by atoms with E-state index in [2.05, 4.69) is 10.3 Å². The minimum Gasteiger partial charge on any atom is -0.352 e. The molecule has 1 heterocycles. The van der Waals surface area contributed by atoms with Crippen LogP contribution in [0.5, 0.6) is 0 Å². The second-order valence-electron chi connectivity index (χ2n) is 4.19. The maximum Gasteiger partial charge on any atom is 0.251 e. The number of carbonyl (C=O) groups is 1. The minimum atomic E-state index is -0.402. The number of pyridine rings is 1. The number of hydrogen-bond acceptors (Lipinski definition) is 2. The van der Waals surface area contributed by atoms with Gasteiger partial charge < -0.3 is 5.32 Å². The maximum absolute atomic E-state index is 12.9. The van der Waals surface area contributed by atoms with E-state index in [1.165, 1.54) is 18.2 Å². The third-order valence-corrected chi connectivity index (χ3v) is 2.71. The molecule has 0 aliphatic heterocycles. The molecule has 0 unspecified atom stereocenters. The summed E-state index contributed by atoms with van der Waals surface area (Å²) in [6.45, 7) is 0.548. The van der Waals surface area contributed by atoms with E-state index >= 15 is 0 Å². The van der Waals surface area contributed by atoms with Crippen LogP contribution in [0.3, 0.4) is 0 Å². The number of nitrogens with one attached hydrogen (secondary N) is 1. The van der Waals surface area contributed by atoms with Crippen molar-refractivity contribution in [3.63, 3.8) is 0 Å². The fourth-order valence-corrected chi connectivity index (χ4v) is 1.75. The highest BCUT2D eigenvalue weighted by Crippen LogP contribution is 2.03. The molecule has 3 nitrogen and oxygen atoms in total. The first-order valence-corrected chi connectivity index (χ1v) is 6.19. The van der Waals surface area contributed by atoms with E-state index in [1.54, 1.807) is 12.3 Å². The van der Waals surface area contributed by atoms with Gasteiger partial charge in [-0.05, 0) is 43.2 Å². The Kier molecular flexibility index (Phi) is 4.61. The minimum absolute atomic E-state index is 0.250. The average Bonchev–Trinajstić information content (AvgIpc) is 2.44. The van der Waals surface area contributed by atoms with Gasteiger partial charge in [0.2, 0.25) is 0 Å². The first-order valence-electron chi connectivity index (χ1n) is 6.19. The molecule has 1 N–H and O–H groups in total. The molecule has 0 radical (unpaired) electrons. The molecule has 0 atom stereocenters. The fraction of sp³-hybridized carbons (Fsp3) is 0.200. The summed E-state index contributed by atoms with van der Waals surface area (Å²) in [5.41, 5.74) is 1.35. The summed E-state index contributed by atoms with van der Waals surface area (Å²) in [4.78, 5) is 15.9. The van der Waals surface area contributed by atoms with Crippen LogP contribution in [0.4, 0.5) is 4.39 Å². The smallest absolute Gasteiger partial charge is 0.251 e. The summed E-state index contributed by atoms with van der Waals surface area (Å²) in [6, 6.07) is 11.4. The van der Waals surface area contributed by atoms with Gasteiger partial charge in [0.15, 0.2) is 0 Å². The number of aromatic nitrogens is 1. The van der Waals surface area contributed by atoms with E-state index in [1.807, 2.05) is 18.2 Å². The van der Waals surface area contributed by atoms with E-state index in [9.17, 15) is 9.18 Å². The molecule has 98 valence electrons. The van der Waals surface area contributed by atoms with Gasteiger partial charge in [0, 0.05) is 24.0 Å². The Morgan fingerprint density at radius 1 is 1.21 bits per heavy atom. The number of carbonyl (C=O) groups excluding carboxylic acids is 1. The van der Waals surface area contributed by atoms with Crippen LogP contribution in [0.2, 0.25) is 0 Å². The molecule has 2 rings (SSSR count). The van der Waals surface area contributed by atoms with E-state index in [4.69, 9.17) is 0 Å². The lowest BCUT2D eigenvalue weighted by atomic mass is 10.2. The van der Waals surface area contributed by atoms with Gasteiger partial charge in [-0.2, -0.15) is 0 Å². The highest BCUT2D eigenvalue weighted by Gasteiger charge is 2.05. The molecular weight excluding hydrogens is 243 g/mol. The van der Waals surface area contributed by atoms with E-state index in [0.29, 0.717) is 12.1 Å². The quantitative estimate of drug-likeness (QED) is 0.837. The topological polar surface area (TPSA) is 42.0 Å². The summed E-state index contributed by atoms with van der Waals surface area (Å²) in [7, 11) is 0. The van der Waals surface area contributed by atoms with E-state index in [-0.39, 0.29) is 5.91 Å². The SMILES string of the molecule is O=C(NCCCc1ccccn1)c1cccc(F)c1. The summed E-state index contributed by atoms with van der Waals surface area (Å²) < 4.78 is 12.9. The van der Waals surface area contributed by atoms with E-state index in [0.717, 1.165) is 18.5 Å². The van der Waals surface area contributed by atoms with Gasteiger partial charge in [-0.1, -0.05) is 12.1 Å². The molecule has 0 saturated carbocycles. The number of benzene rings is 1.